The predicted molar refractivity (Wildman–Crippen MR) is 105 cm³/mol. The number of allylic oxidation sites excluding steroid dienone is 1. The van der Waals surface area contributed by atoms with Gasteiger partial charge in [-0.15, -0.1) is 0 Å². The van der Waals surface area contributed by atoms with Gasteiger partial charge in [-0.3, -0.25) is 9.59 Å². The van der Waals surface area contributed by atoms with Crippen molar-refractivity contribution in [2.24, 2.45) is 5.41 Å². The summed E-state index contributed by atoms with van der Waals surface area (Å²) >= 11 is 6.28. The lowest BCUT2D eigenvalue weighted by Crippen LogP contribution is -2.40. The second-order valence-electron chi connectivity index (χ2n) is 7.59. The van der Waals surface area contributed by atoms with Crippen LogP contribution >= 0.6 is 11.6 Å². The van der Waals surface area contributed by atoms with E-state index in [2.05, 4.69) is 16.7 Å². The first kappa shape index (κ1) is 19.0. The van der Waals surface area contributed by atoms with E-state index in [1.54, 1.807) is 0 Å². The first-order chi connectivity index (χ1) is 12.4. The van der Waals surface area contributed by atoms with E-state index < -0.39 is 5.41 Å². The molecular formula is C21H27ClN2O2. The number of aryl methyl sites for hydroxylation is 2. The number of amides is 2. The zero-order valence-corrected chi connectivity index (χ0v) is 16.3. The van der Waals surface area contributed by atoms with Gasteiger partial charge in [0.25, 0.3) is 0 Å². The van der Waals surface area contributed by atoms with Gasteiger partial charge >= 0.3 is 0 Å². The van der Waals surface area contributed by atoms with Gasteiger partial charge in [0, 0.05) is 6.54 Å². The number of rotatable bonds is 6. The van der Waals surface area contributed by atoms with Crippen LogP contribution in [0.25, 0.3) is 0 Å². The van der Waals surface area contributed by atoms with E-state index in [1.165, 1.54) is 18.4 Å². The third-order valence-electron chi connectivity index (χ3n) is 5.41. The molecule has 4 nitrogen and oxygen atoms in total. The standard InChI is InChI=1S/C21H27ClN2O2/c1-14-12-15(2)18(17(22)13-14)24-20(26)21(9-10-21)19(25)23-11-8-16-6-4-3-5-7-16/h6,12-13H,3-5,7-11H2,1-2H3,(H,23,25)(H,24,26). The van der Waals surface area contributed by atoms with Crippen molar-refractivity contribution >= 4 is 29.1 Å². The van der Waals surface area contributed by atoms with Crippen molar-refractivity contribution < 1.29 is 9.59 Å². The van der Waals surface area contributed by atoms with Gasteiger partial charge in [-0.1, -0.05) is 29.3 Å². The summed E-state index contributed by atoms with van der Waals surface area (Å²) in [5.41, 5.74) is 3.05. The van der Waals surface area contributed by atoms with Crippen LogP contribution in [0.2, 0.25) is 5.02 Å². The number of carbonyl (C=O) groups is 2. The SMILES string of the molecule is Cc1cc(C)c(NC(=O)C2(C(=O)NCCC3=CCCCC3)CC2)c(Cl)c1. The Balaban J connectivity index is 1.58. The second kappa shape index (κ2) is 7.83. The quantitative estimate of drug-likeness (QED) is 0.561. The van der Waals surface area contributed by atoms with Gasteiger partial charge in [0.05, 0.1) is 10.7 Å². The number of carbonyl (C=O) groups excluding carboxylic acids is 2. The maximum atomic E-state index is 12.8. The molecule has 1 saturated carbocycles. The highest BCUT2D eigenvalue weighted by Crippen LogP contribution is 2.47. The Morgan fingerprint density at radius 2 is 1.92 bits per heavy atom. The van der Waals surface area contributed by atoms with Crippen molar-refractivity contribution in [3.05, 3.63) is 39.9 Å². The lowest BCUT2D eigenvalue weighted by Gasteiger charge is -2.18. The minimum atomic E-state index is -0.929. The summed E-state index contributed by atoms with van der Waals surface area (Å²) in [5, 5.41) is 6.36. The van der Waals surface area contributed by atoms with Crippen LogP contribution in [-0.2, 0) is 9.59 Å². The smallest absolute Gasteiger partial charge is 0.240 e. The van der Waals surface area contributed by atoms with Gasteiger partial charge in [0.1, 0.15) is 5.41 Å². The van der Waals surface area contributed by atoms with Crippen molar-refractivity contribution in [1.29, 1.82) is 0 Å². The first-order valence-corrected chi connectivity index (χ1v) is 9.84. The molecular weight excluding hydrogens is 348 g/mol. The summed E-state index contributed by atoms with van der Waals surface area (Å²) in [5.74, 6) is -0.409. The molecule has 0 atom stereocenters. The zero-order chi connectivity index (χ0) is 18.7. The number of anilines is 1. The average molecular weight is 375 g/mol. The number of hydrogen-bond acceptors (Lipinski definition) is 2. The second-order valence-corrected chi connectivity index (χ2v) is 8.00. The van der Waals surface area contributed by atoms with E-state index in [0.29, 0.717) is 30.1 Å². The van der Waals surface area contributed by atoms with E-state index in [0.717, 1.165) is 30.4 Å². The maximum Gasteiger partial charge on any atom is 0.240 e. The van der Waals surface area contributed by atoms with E-state index >= 15 is 0 Å². The Kier molecular flexibility index (Phi) is 5.71. The lowest BCUT2D eigenvalue weighted by atomic mass is 9.97. The molecule has 1 fully saturated rings. The highest BCUT2D eigenvalue weighted by Gasteiger charge is 2.56. The van der Waals surface area contributed by atoms with Crippen LogP contribution in [0.1, 0.15) is 56.1 Å². The normalized spacial score (nSPS) is 18.0. The third kappa shape index (κ3) is 4.12. The summed E-state index contributed by atoms with van der Waals surface area (Å²) in [6.07, 6.45) is 9.14. The van der Waals surface area contributed by atoms with Gasteiger partial charge < -0.3 is 10.6 Å². The third-order valence-corrected chi connectivity index (χ3v) is 5.70. The van der Waals surface area contributed by atoms with Crippen LogP contribution < -0.4 is 10.6 Å². The Bertz CT molecular complexity index is 727. The molecule has 2 amide bonds. The molecule has 0 unspecified atom stereocenters. The van der Waals surface area contributed by atoms with Gasteiger partial charge in [-0.2, -0.15) is 0 Å². The molecule has 0 aliphatic heterocycles. The highest BCUT2D eigenvalue weighted by atomic mass is 35.5. The Hall–Kier alpha value is -1.81. The molecule has 1 aromatic carbocycles. The minimum Gasteiger partial charge on any atom is -0.355 e. The van der Waals surface area contributed by atoms with E-state index in [1.807, 2.05) is 26.0 Å². The first-order valence-electron chi connectivity index (χ1n) is 9.47. The fraction of sp³-hybridized carbons (Fsp3) is 0.524. The van der Waals surface area contributed by atoms with Gasteiger partial charge in [-0.05, 0) is 76.0 Å². The van der Waals surface area contributed by atoms with Crippen LogP contribution in [0.3, 0.4) is 0 Å². The summed E-state index contributed by atoms with van der Waals surface area (Å²) in [4.78, 5) is 25.4. The molecule has 26 heavy (non-hydrogen) atoms. The van der Waals surface area contributed by atoms with E-state index in [4.69, 9.17) is 11.6 Å². The van der Waals surface area contributed by atoms with Crippen LogP contribution in [-0.4, -0.2) is 18.4 Å². The molecule has 0 spiro atoms. The molecule has 1 aromatic rings. The van der Waals surface area contributed by atoms with E-state index in [-0.39, 0.29) is 11.8 Å². The molecule has 140 valence electrons. The summed E-state index contributed by atoms with van der Waals surface area (Å²) in [6, 6.07) is 3.79. The van der Waals surface area contributed by atoms with Gasteiger partial charge in [-0.25, -0.2) is 0 Å². The molecule has 0 radical (unpaired) electrons. The molecule has 2 N–H and O–H groups in total. The average Bonchev–Trinajstić information content (AvgIpc) is 3.41. The molecule has 0 heterocycles. The topological polar surface area (TPSA) is 58.2 Å². The van der Waals surface area contributed by atoms with Crippen molar-refractivity contribution in [1.82, 2.24) is 5.32 Å². The van der Waals surface area contributed by atoms with Crippen molar-refractivity contribution in [3.8, 4) is 0 Å². The maximum absolute atomic E-state index is 12.8. The molecule has 3 rings (SSSR count). The fourth-order valence-corrected chi connectivity index (χ4v) is 4.00. The van der Waals surface area contributed by atoms with Crippen molar-refractivity contribution in [2.45, 2.75) is 58.8 Å². The Morgan fingerprint density at radius 1 is 1.15 bits per heavy atom. The summed E-state index contributed by atoms with van der Waals surface area (Å²) in [7, 11) is 0. The number of benzene rings is 1. The van der Waals surface area contributed by atoms with Crippen LogP contribution in [0.5, 0.6) is 0 Å². The van der Waals surface area contributed by atoms with Crippen LogP contribution in [0.4, 0.5) is 5.69 Å². The monoisotopic (exact) mass is 374 g/mol. The molecule has 2 aliphatic carbocycles. The Morgan fingerprint density at radius 3 is 2.54 bits per heavy atom. The van der Waals surface area contributed by atoms with Crippen molar-refractivity contribution in [3.63, 3.8) is 0 Å². The van der Waals surface area contributed by atoms with Crippen LogP contribution in [0, 0.1) is 19.3 Å². The molecule has 5 heteroatoms. The predicted octanol–water partition coefficient (Wildman–Crippen LogP) is 4.68. The van der Waals surface area contributed by atoms with Gasteiger partial charge in [0.15, 0.2) is 0 Å². The van der Waals surface area contributed by atoms with E-state index in [9.17, 15) is 9.59 Å². The highest BCUT2D eigenvalue weighted by molar-refractivity contribution is 6.34. The fourth-order valence-electron chi connectivity index (χ4n) is 3.63. The molecule has 2 aliphatic rings. The molecule has 0 saturated heterocycles. The summed E-state index contributed by atoms with van der Waals surface area (Å²) in [6.45, 7) is 4.47. The number of nitrogens with one attached hydrogen (secondary N) is 2. The minimum absolute atomic E-state index is 0.160. The number of halogens is 1. The molecule has 0 aromatic heterocycles. The summed E-state index contributed by atoms with van der Waals surface area (Å²) < 4.78 is 0. The lowest BCUT2D eigenvalue weighted by molar-refractivity contribution is -0.134. The molecule has 0 bridgehead atoms. The largest absolute Gasteiger partial charge is 0.355 e. The number of hydrogen-bond donors (Lipinski definition) is 2. The van der Waals surface area contributed by atoms with Gasteiger partial charge in [0.2, 0.25) is 11.8 Å². The Labute approximate surface area is 160 Å². The van der Waals surface area contributed by atoms with Crippen molar-refractivity contribution in [2.75, 3.05) is 11.9 Å². The zero-order valence-electron chi connectivity index (χ0n) is 15.6. The van der Waals surface area contributed by atoms with Crippen LogP contribution in [0.15, 0.2) is 23.8 Å².